The molecule has 0 unspecified atom stereocenters. The standard InChI is InChI=1S/C19H17FIN3O2S/c1-2-24-18(26)16(11-17(25)22-14-9-5-13(21)6-10-14)27-19(24)23-15-7-3-12(20)4-8-15/h3-10,16H,2,11H2,1H3,(H,22,25)/t16-/m0/s1. The van der Waals surface area contributed by atoms with Gasteiger partial charge in [-0.15, -0.1) is 0 Å². The molecule has 5 nitrogen and oxygen atoms in total. The molecule has 0 saturated carbocycles. The molecule has 1 atom stereocenters. The third-order valence-electron chi connectivity index (χ3n) is 3.89. The summed E-state index contributed by atoms with van der Waals surface area (Å²) in [5, 5.41) is 2.82. The highest BCUT2D eigenvalue weighted by Crippen LogP contribution is 2.31. The van der Waals surface area contributed by atoms with E-state index in [2.05, 4.69) is 32.9 Å². The lowest BCUT2D eigenvalue weighted by Crippen LogP contribution is -2.33. The highest BCUT2D eigenvalue weighted by Gasteiger charge is 2.38. The van der Waals surface area contributed by atoms with Crippen molar-refractivity contribution in [3.63, 3.8) is 0 Å². The van der Waals surface area contributed by atoms with Crippen LogP contribution in [0.15, 0.2) is 53.5 Å². The summed E-state index contributed by atoms with van der Waals surface area (Å²) in [7, 11) is 0. The van der Waals surface area contributed by atoms with Gasteiger partial charge >= 0.3 is 0 Å². The second kappa shape index (κ2) is 8.83. The van der Waals surface area contributed by atoms with Gasteiger partial charge in [0.15, 0.2) is 5.17 Å². The average Bonchev–Trinajstić information content (AvgIpc) is 2.93. The molecule has 1 saturated heterocycles. The fourth-order valence-corrected chi connectivity index (χ4v) is 4.14. The molecule has 0 aliphatic carbocycles. The number of carbonyl (C=O) groups is 2. The number of halogens is 2. The fraction of sp³-hybridized carbons (Fsp3) is 0.211. The second-order valence-electron chi connectivity index (χ2n) is 5.82. The van der Waals surface area contributed by atoms with E-state index in [1.807, 2.05) is 31.2 Å². The average molecular weight is 497 g/mol. The van der Waals surface area contributed by atoms with Gasteiger partial charge in [0.05, 0.1) is 5.69 Å². The predicted octanol–water partition coefficient (Wildman–Crippen LogP) is 4.41. The van der Waals surface area contributed by atoms with Crippen LogP contribution < -0.4 is 5.32 Å². The Kier molecular flexibility index (Phi) is 6.48. The molecule has 8 heteroatoms. The van der Waals surface area contributed by atoms with Crippen molar-refractivity contribution >= 4 is 62.7 Å². The zero-order valence-electron chi connectivity index (χ0n) is 14.5. The van der Waals surface area contributed by atoms with E-state index < -0.39 is 5.25 Å². The lowest BCUT2D eigenvalue weighted by molar-refractivity contribution is -0.128. The number of nitrogens with zero attached hydrogens (tertiary/aromatic N) is 2. The Bertz CT molecular complexity index is 872. The molecule has 0 aromatic heterocycles. The molecule has 1 fully saturated rings. The van der Waals surface area contributed by atoms with E-state index in [1.165, 1.54) is 23.9 Å². The van der Waals surface area contributed by atoms with Gasteiger partial charge in [-0.25, -0.2) is 9.38 Å². The van der Waals surface area contributed by atoms with Crippen LogP contribution in [0, 0.1) is 9.39 Å². The second-order valence-corrected chi connectivity index (χ2v) is 8.23. The summed E-state index contributed by atoms with van der Waals surface area (Å²) < 4.78 is 14.1. The van der Waals surface area contributed by atoms with Crippen molar-refractivity contribution in [1.82, 2.24) is 4.90 Å². The number of benzene rings is 2. The predicted molar refractivity (Wildman–Crippen MR) is 115 cm³/mol. The van der Waals surface area contributed by atoms with Gasteiger partial charge in [-0.2, -0.15) is 0 Å². The molecule has 0 bridgehead atoms. The van der Waals surface area contributed by atoms with Crippen LogP contribution in [0.2, 0.25) is 0 Å². The Hall–Kier alpha value is -1.94. The summed E-state index contributed by atoms with van der Waals surface area (Å²) >= 11 is 3.45. The van der Waals surface area contributed by atoms with E-state index in [0.29, 0.717) is 23.1 Å². The molecule has 140 valence electrons. The van der Waals surface area contributed by atoms with Crippen molar-refractivity contribution in [3.05, 3.63) is 57.9 Å². The maximum absolute atomic E-state index is 13.0. The lowest BCUT2D eigenvalue weighted by Gasteiger charge is -2.13. The summed E-state index contributed by atoms with van der Waals surface area (Å²) in [4.78, 5) is 30.9. The van der Waals surface area contributed by atoms with Gasteiger partial charge in [-0.3, -0.25) is 14.5 Å². The number of rotatable bonds is 5. The molecule has 1 aliphatic rings. The van der Waals surface area contributed by atoms with E-state index in [0.717, 1.165) is 3.57 Å². The molecule has 0 spiro atoms. The van der Waals surface area contributed by atoms with Crippen LogP contribution in [0.5, 0.6) is 0 Å². The van der Waals surface area contributed by atoms with Crippen molar-refractivity contribution in [2.24, 2.45) is 4.99 Å². The van der Waals surface area contributed by atoms with Gasteiger partial charge in [-0.05, 0) is 78.0 Å². The maximum atomic E-state index is 13.0. The Morgan fingerprint density at radius 2 is 1.89 bits per heavy atom. The Morgan fingerprint density at radius 3 is 2.52 bits per heavy atom. The Morgan fingerprint density at radius 1 is 1.22 bits per heavy atom. The Balaban J connectivity index is 1.69. The van der Waals surface area contributed by atoms with E-state index in [-0.39, 0.29) is 24.1 Å². The number of carbonyl (C=O) groups excluding carboxylic acids is 2. The largest absolute Gasteiger partial charge is 0.326 e. The number of thioether (sulfide) groups is 1. The maximum Gasteiger partial charge on any atom is 0.242 e. The highest BCUT2D eigenvalue weighted by atomic mass is 127. The first-order valence-electron chi connectivity index (χ1n) is 8.34. The first kappa shape index (κ1) is 19.8. The van der Waals surface area contributed by atoms with Crippen LogP contribution in [-0.2, 0) is 9.59 Å². The van der Waals surface area contributed by atoms with Gasteiger partial charge in [0.2, 0.25) is 11.8 Å². The number of hydrogen-bond acceptors (Lipinski definition) is 4. The normalized spacial score (nSPS) is 18.2. The topological polar surface area (TPSA) is 61.8 Å². The summed E-state index contributed by atoms with van der Waals surface area (Å²) in [6.07, 6.45) is 0.0639. The molecule has 2 amide bonds. The number of anilines is 1. The van der Waals surface area contributed by atoms with E-state index in [9.17, 15) is 14.0 Å². The smallest absolute Gasteiger partial charge is 0.242 e. The molecule has 1 aliphatic heterocycles. The molecule has 2 aromatic rings. The molecule has 27 heavy (non-hydrogen) atoms. The van der Waals surface area contributed by atoms with Crippen LogP contribution in [0.1, 0.15) is 13.3 Å². The molecule has 3 rings (SSSR count). The van der Waals surface area contributed by atoms with Crippen LogP contribution in [0.3, 0.4) is 0 Å². The third-order valence-corrected chi connectivity index (χ3v) is 5.78. The number of amidine groups is 1. The van der Waals surface area contributed by atoms with Crippen LogP contribution in [-0.4, -0.2) is 33.7 Å². The van der Waals surface area contributed by atoms with Crippen molar-refractivity contribution in [1.29, 1.82) is 0 Å². The van der Waals surface area contributed by atoms with E-state index in [1.54, 1.807) is 17.0 Å². The number of aliphatic imine (C=N–C) groups is 1. The van der Waals surface area contributed by atoms with Crippen LogP contribution in [0.25, 0.3) is 0 Å². The summed E-state index contributed by atoms with van der Waals surface area (Å²) in [6, 6.07) is 13.2. The van der Waals surface area contributed by atoms with Gasteiger partial charge in [-0.1, -0.05) is 11.8 Å². The van der Waals surface area contributed by atoms with Gasteiger partial charge in [0.25, 0.3) is 0 Å². The number of amides is 2. The van der Waals surface area contributed by atoms with Gasteiger partial charge in [0.1, 0.15) is 11.1 Å². The summed E-state index contributed by atoms with van der Waals surface area (Å²) in [5.74, 6) is -0.700. The lowest BCUT2D eigenvalue weighted by atomic mass is 10.2. The molecule has 1 N–H and O–H groups in total. The van der Waals surface area contributed by atoms with Crippen molar-refractivity contribution in [2.45, 2.75) is 18.6 Å². The molecular formula is C19H17FIN3O2S. The van der Waals surface area contributed by atoms with Crippen molar-refractivity contribution < 1.29 is 14.0 Å². The molecule has 2 aromatic carbocycles. The fourth-order valence-electron chi connectivity index (χ4n) is 2.56. The van der Waals surface area contributed by atoms with Crippen LogP contribution >= 0.6 is 34.4 Å². The minimum Gasteiger partial charge on any atom is -0.326 e. The highest BCUT2D eigenvalue weighted by molar-refractivity contribution is 14.1. The first-order chi connectivity index (χ1) is 13.0. The zero-order chi connectivity index (χ0) is 19.4. The molecular weight excluding hydrogens is 480 g/mol. The summed E-state index contributed by atoms with van der Waals surface area (Å²) in [5.41, 5.74) is 1.26. The van der Waals surface area contributed by atoms with Crippen molar-refractivity contribution in [2.75, 3.05) is 11.9 Å². The molecule has 1 heterocycles. The Labute approximate surface area is 174 Å². The summed E-state index contributed by atoms with van der Waals surface area (Å²) in [6.45, 7) is 2.31. The number of hydrogen-bond donors (Lipinski definition) is 1. The number of nitrogens with one attached hydrogen (secondary N) is 1. The van der Waals surface area contributed by atoms with Crippen LogP contribution in [0.4, 0.5) is 15.8 Å². The SMILES string of the molecule is CCN1C(=O)[C@H](CC(=O)Nc2ccc(I)cc2)SC1=Nc1ccc(F)cc1. The van der Waals surface area contributed by atoms with E-state index in [4.69, 9.17) is 0 Å². The third kappa shape index (κ3) is 5.07. The molecule has 0 radical (unpaired) electrons. The van der Waals surface area contributed by atoms with Gasteiger partial charge < -0.3 is 5.32 Å². The quantitative estimate of drug-likeness (QED) is 0.623. The van der Waals surface area contributed by atoms with E-state index >= 15 is 0 Å². The minimum atomic E-state index is -0.520. The minimum absolute atomic E-state index is 0.0639. The monoisotopic (exact) mass is 497 g/mol. The van der Waals surface area contributed by atoms with Gasteiger partial charge in [0, 0.05) is 22.2 Å². The van der Waals surface area contributed by atoms with Crippen molar-refractivity contribution in [3.8, 4) is 0 Å². The zero-order valence-corrected chi connectivity index (χ0v) is 17.5. The first-order valence-corrected chi connectivity index (χ1v) is 10.3.